The molecule has 1 atom stereocenters. The van der Waals surface area contributed by atoms with E-state index in [0.29, 0.717) is 12.6 Å². The van der Waals surface area contributed by atoms with Crippen LogP contribution in [0.3, 0.4) is 0 Å². The largest absolute Gasteiger partial charge is 0.312 e. The third kappa shape index (κ3) is 3.12. The summed E-state index contributed by atoms with van der Waals surface area (Å²) in [6.45, 7) is 1.51. The lowest BCUT2D eigenvalue weighted by Gasteiger charge is -2.37. The maximum absolute atomic E-state index is 12.7. The van der Waals surface area contributed by atoms with Crippen LogP contribution in [-0.4, -0.2) is 55.3 Å². The second-order valence-electron chi connectivity index (χ2n) is 6.20. The Bertz CT molecular complexity index is 418. The van der Waals surface area contributed by atoms with Gasteiger partial charge in [-0.25, -0.2) is 0 Å². The topological polar surface area (TPSA) is 52.7 Å². The van der Waals surface area contributed by atoms with Crippen molar-refractivity contribution in [3.63, 3.8) is 0 Å². The third-order valence-corrected chi connectivity index (χ3v) is 6.61. The standard InChI is InChI=1S/C13H25N3O2S/c1-15(12-7-8-12)19(17,18)16-9-3-2-4-13(16)10-14-11-5-6-11/h11-14H,2-10H2,1H3. The number of hydrogen-bond acceptors (Lipinski definition) is 3. The number of piperidine rings is 1. The fourth-order valence-corrected chi connectivity index (χ4v) is 4.70. The van der Waals surface area contributed by atoms with Gasteiger partial charge in [0.15, 0.2) is 0 Å². The average Bonchev–Trinajstić information content (AvgIpc) is 3.29. The average molecular weight is 287 g/mol. The molecule has 0 radical (unpaired) electrons. The second-order valence-corrected chi connectivity index (χ2v) is 8.14. The molecule has 2 aliphatic carbocycles. The molecule has 0 aromatic heterocycles. The Hall–Kier alpha value is -0.170. The van der Waals surface area contributed by atoms with E-state index in [2.05, 4.69) is 5.32 Å². The molecule has 2 saturated carbocycles. The quantitative estimate of drug-likeness (QED) is 0.791. The molecule has 1 N–H and O–H groups in total. The fraction of sp³-hybridized carbons (Fsp3) is 1.00. The van der Waals surface area contributed by atoms with Crippen molar-refractivity contribution in [2.45, 2.75) is 63.1 Å². The molecule has 1 saturated heterocycles. The first-order chi connectivity index (χ1) is 9.09. The molecule has 1 aliphatic heterocycles. The predicted octanol–water partition coefficient (Wildman–Crippen LogP) is 0.932. The van der Waals surface area contributed by atoms with E-state index in [4.69, 9.17) is 0 Å². The van der Waals surface area contributed by atoms with Crippen LogP contribution in [0.15, 0.2) is 0 Å². The summed E-state index contributed by atoms with van der Waals surface area (Å²) < 4.78 is 28.7. The van der Waals surface area contributed by atoms with Crippen LogP contribution in [-0.2, 0) is 10.2 Å². The van der Waals surface area contributed by atoms with E-state index in [1.54, 1.807) is 15.7 Å². The number of nitrogens with one attached hydrogen (secondary N) is 1. The Kier molecular flexibility index (Phi) is 3.86. The highest BCUT2D eigenvalue weighted by Gasteiger charge is 2.41. The van der Waals surface area contributed by atoms with Crippen molar-refractivity contribution in [3.8, 4) is 0 Å². The molecule has 0 spiro atoms. The van der Waals surface area contributed by atoms with Crippen molar-refractivity contribution in [2.24, 2.45) is 0 Å². The number of nitrogens with zero attached hydrogens (tertiary/aromatic N) is 2. The van der Waals surface area contributed by atoms with Gasteiger partial charge in [-0.05, 0) is 38.5 Å². The Morgan fingerprint density at radius 3 is 2.53 bits per heavy atom. The first-order valence-electron chi connectivity index (χ1n) is 7.57. The van der Waals surface area contributed by atoms with Crippen LogP contribution in [0.1, 0.15) is 44.9 Å². The first-order valence-corrected chi connectivity index (χ1v) is 8.97. The van der Waals surface area contributed by atoms with Crippen molar-refractivity contribution >= 4 is 10.2 Å². The van der Waals surface area contributed by atoms with Crippen LogP contribution in [0.2, 0.25) is 0 Å². The molecule has 0 aromatic carbocycles. The monoisotopic (exact) mass is 287 g/mol. The highest BCUT2D eigenvalue weighted by molar-refractivity contribution is 7.86. The Morgan fingerprint density at radius 1 is 1.16 bits per heavy atom. The summed E-state index contributed by atoms with van der Waals surface area (Å²) in [5, 5.41) is 3.49. The molecule has 3 aliphatic rings. The van der Waals surface area contributed by atoms with E-state index in [-0.39, 0.29) is 12.1 Å². The van der Waals surface area contributed by atoms with Crippen molar-refractivity contribution < 1.29 is 8.42 Å². The van der Waals surface area contributed by atoms with Gasteiger partial charge in [-0.15, -0.1) is 0 Å². The predicted molar refractivity (Wildman–Crippen MR) is 75.1 cm³/mol. The smallest absolute Gasteiger partial charge is 0.282 e. The van der Waals surface area contributed by atoms with Gasteiger partial charge in [0.25, 0.3) is 10.2 Å². The van der Waals surface area contributed by atoms with Gasteiger partial charge >= 0.3 is 0 Å². The highest BCUT2D eigenvalue weighted by atomic mass is 32.2. The minimum Gasteiger partial charge on any atom is -0.312 e. The molecule has 1 heterocycles. The molecule has 19 heavy (non-hydrogen) atoms. The van der Waals surface area contributed by atoms with Crippen LogP contribution < -0.4 is 5.32 Å². The van der Waals surface area contributed by atoms with Crippen LogP contribution >= 0.6 is 0 Å². The third-order valence-electron chi connectivity index (χ3n) is 4.51. The second kappa shape index (κ2) is 5.31. The first kappa shape index (κ1) is 13.8. The highest BCUT2D eigenvalue weighted by Crippen LogP contribution is 2.31. The normalized spacial score (nSPS) is 29.9. The summed E-state index contributed by atoms with van der Waals surface area (Å²) in [5.41, 5.74) is 0. The fourth-order valence-electron chi connectivity index (χ4n) is 2.86. The van der Waals surface area contributed by atoms with Gasteiger partial charge < -0.3 is 5.32 Å². The van der Waals surface area contributed by atoms with Gasteiger partial charge in [-0.2, -0.15) is 17.0 Å². The maximum Gasteiger partial charge on any atom is 0.282 e. The summed E-state index contributed by atoms with van der Waals surface area (Å²) in [5.74, 6) is 0. The summed E-state index contributed by atoms with van der Waals surface area (Å²) in [6.07, 6.45) is 7.69. The molecule has 0 aromatic rings. The van der Waals surface area contributed by atoms with Crippen molar-refractivity contribution in [3.05, 3.63) is 0 Å². The zero-order chi connectivity index (χ0) is 13.5. The minimum atomic E-state index is -3.25. The number of hydrogen-bond donors (Lipinski definition) is 1. The molecule has 6 heteroatoms. The molecule has 110 valence electrons. The van der Waals surface area contributed by atoms with Crippen molar-refractivity contribution in [1.82, 2.24) is 13.9 Å². The lowest BCUT2D eigenvalue weighted by Crippen LogP contribution is -2.53. The van der Waals surface area contributed by atoms with Crippen LogP contribution in [0.5, 0.6) is 0 Å². The minimum absolute atomic E-state index is 0.153. The molecule has 0 bridgehead atoms. The molecule has 1 unspecified atom stereocenters. The summed E-state index contributed by atoms with van der Waals surface area (Å²) >= 11 is 0. The van der Waals surface area contributed by atoms with Gasteiger partial charge in [0.1, 0.15) is 0 Å². The van der Waals surface area contributed by atoms with Gasteiger partial charge in [0, 0.05) is 38.3 Å². The molecule has 5 nitrogen and oxygen atoms in total. The van der Waals surface area contributed by atoms with Gasteiger partial charge in [-0.3, -0.25) is 0 Å². The van der Waals surface area contributed by atoms with Gasteiger partial charge in [0.05, 0.1) is 0 Å². The maximum atomic E-state index is 12.7. The lowest BCUT2D eigenvalue weighted by atomic mass is 10.1. The lowest BCUT2D eigenvalue weighted by molar-refractivity contribution is 0.229. The molecule has 3 rings (SSSR count). The molecular weight excluding hydrogens is 262 g/mol. The van der Waals surface area contributed by atoms with E-state index >= 15 is 0 Å². The summed E-state index contributed by atoms with van der Waals surface area (Å²) in [7, 11) is -1.51. The molecule has 0 amide bonds. The van der Waals surface area contributed by atoms with E-state index in [9.17, 15) is 8.42 Å². The molecular formula is C13H25N3O2S. The Morgan fingerprint density at radius 2 is 1.89 bits per heavy atom. The van der Waals surface area contributed by atoms with Gasteiger partial charge in [-0.1, -0.05) is 6.42 Å². The Balaban J connectivity index is 1.67. The van der Waals surface area contributed by atoms with Gasteiger partial charge in [0.2, 0.25) is 0 Å². The van der Waals surface area contributed by atoms with Crippen molar-refractivity contribution in [1.29, 1.82) is 0 Å². The Labute approximate surface area is 116 Å². The SMILES string of the molecule is CN(C1CC1)S(=O)(=O)N1CCCCC1CNC1CC1. The van der Waals surface area contributed by atoms with E-state index in [0.717, 1.165) is 38.6 Å². The van der Waals surface area contributed by atoms with E-state index < -0.39 is 10.2 Å². The van der Waals surface area contributed by atoms with Crippen molar-refractivity contribution in [2.75, 3.05) is 20.1 Å². The zero-order valence-electron chi connectivity index (χ0n) is 11.7. The van der Waals surface area contributed by atoms with E-state index in [1.807, 2.05) is 0 Å². The molecule has 3 fully saturated rings. The van der Waals surface area contributed by atoms with Crippen LogP contribution in [0, 0.1) is 0 Å². The van der Waals surface area contributed by atoms with Crippen LogP contribution in [0.4, 0.5) is 0 Å². The number of rotatable bonds is 6. The van der Waals surface area contributed by atoms with Crippen LogP contribution in [0.25, 0.3) is 0 Å². The summed E-state index contributed by atoms with van der Waals surface area (Å²) in [4.78, 5) is 0. The zero-order valence-corrected chi connectivity index (χ0v) is 12.5. The van der Waals surface area contributed by atoms with E-state index in [1.165, 1.54) is 12.8 Å². The summed E-state index contributed by atoms with van der Waals surface area (Å²) in [6, 6.07) is 1.05.